The Morgan fingerprint density at radius 2 is 2.18 bits per heavy atom. The predicted molar refractivity (Wildman–Crippen MR) is 85.9 cm³/mol. The van der Waals surface area contributed by atoms with Crippen LogP contribution in [0.1, 0.15) is 32.1 Å². The van der Waals surface area contributed by atoms with Crippen LogP contribution in [-0.4, -0.2) is 53.0 Å². The van der Waals surface area contributed by atoms with E-state index in [4.69, 9.17) is 5.11 Å². The Labute approximate surface area is 131 Å². The van der Waals surface area contributed by atoms with E-state index >= 15 is 0 Å². The molecule has 0 unspecified atom stereocenters. The van der Waals surface area contributed by atoms with Crippen molar-refractivity contribution in [3.63, 3.8) is 0 Å². The fraction of sp³-hybridized carbons (Fsp3) is 0.750. The van der Waals surface area contributed by atoms with E-state index in [9.17, 15) is 5.11 Å². The van der Waals surface area contributed by atoms with Crippen LogP contribution in [0.4, 0.5) is 11.6 Å². The van der Waals surface area contributed by atoms with Gasteiger partial charge in [0.1, 0.15) is 18.0 Å². The number of rotatable bonds is 7. The highest BCUT2D eigenvalue weighted by Crippen LogP contribution is 2.44. The molecule has 1 atom stereocenters. The summed E-state index contributed by atoms with van der Waals surface area (Å²) < 4.78 is 0. The highest BCUT2D eigenvalue weighted by Gasteiger charge is 2.40. The minimum atomic E-state index is 0.0308. The van der Waals surface area contributed by atoms with Gasteiger partial charge in [-0.3, -0.25) is 0 Å². The van der Waals surface area contributed by atoms with Crippen molar-refractivity contribution >= 4 is 11.6 Å². The third-order valence-corrected chi connectivity index (χ3v) is 4.81. The van der Waals surface area contributed by atoms with Crippen molar-refractivity contribution in [2.45, 2.75) is 32.1 Å². The molecule has 1 aliphatic carbocycles. The number of aliphatic hydroxyl groups is 2. The van der Waals surface area contributed by atoms with Gasteiger partial charge in [0.2, 0.25) is 0 Å². The first-order chi connectivity index (χ1) is 10.7. The first-order valence-corrected chi connectivity index (χ1v) is 8.27. The molecular formula is C16H26N4O2. The molecule has 1 saturated carbocycles. The van der Waals surface area contributed by atoms with E-state index in [1.165, 1.54) is 12.8 Å². The molecule has 1 aliphatic heterocycles. The maximum absolute atomic E-state index is 9.95. The van der Waals surface area contributed by atoms with Gasteiger partial charge in [-0.15, -0.1) is 0 Å². The van der Waals surface area contributed by atoms with Gasteiger partial charge in [-0.05, 0) is 25.2 Å². The number of aliphatic hydroxyl groups excluding tert-OH is 2. The third kappa shape index (κ3) is 3.67. The monoisotopic (exact) mass is 306 g/mol. The maximum atomic E-state index is 9.95. The van der Waals surface area contributed by atoms with Gasteiger partial charge < -0.3 is 20.4 Å². The van der Waals surface area contributed by atoms with Gasteiger partial charge in [-0.2, -0.15) is 0 Å². The Balaban J connectivity index is 1.70. The maximum Gasteiger partial charge on any atom is 0.134 e. The van der Waals surface area contributed by atoms with Crippen molar-refractivity contribution in [1.29, 1.82) is 0 Å². The molecule has 2 aliphatic rings. The molecule has 1 saturated heterocycles. The number of hydrogen-bond donors (Lipinski definition) is 3. The Hall–Kier alpha value is -1.40. The quantitative estimate of drug-likeness (QED) is 0.703. The van der Waals surface area contributed by atoms with Crippen molar-refractivity contribution in [2.75, 3.05) is 43.1 Å². The minimum Gasteiger partial charge on any atom is -0.396 e. The summed E-state index contributed by atoms with van der Waals surface area (Å²) in [7, 11) is 0. The van der Waals surface area contributed by atoms with Crippen molar-refractivity contribution in [2.24, 2.45) is 11.3 Å². The van der Waals surface area contributed by atoms with Crippen LogP contribution in [0.3, 0.4) is 0 Å². The van der Waals surface area contributed by atoms with E-state index in [1.54, 1.807) is 6.33 Å². The smallest absolute Gasteiger partial charge is 0.134 e. The molecule has 3 N–H and O–H groups in total. The molecule has 0 aromatic carbocycles. The average Bonchev–Trinajstić information content (AvgIpc) is 3.37. The Morgan fingerprint density at radius 1 is 1.32 bits per heavy atom. The topological polar surface area (TPSA) is 81.5 Å². The first-order valence-electron chi connectivity index (χ1n) is 8.27. The minimum absolute atomic E-state index is 0.0308. The van der Waals surface area contributed by atoms with Gasteiger partial charge in [0, 0.05) is 31.1 Å². The van der Waals surface area contributed by atoms with Crippen LogP contribution in [0.5, 0.6) is 0 Å². The lowest BCUT2D eigenvalue weighted by atomic mass is 9.76. The van der Waals surface area contributed by atoms with Crippen LogP contribution in [0.15, 0.2) is 12.4 Å². The Morgan fingerprint density at radius 3 is 2.91 bits per heavy atom. The molecule has 6 nitrogen and oxygen atoms in total. The van der Waals surface area contributed by atoms with Gasteiger partial charge in [0.25, 0.3) is 0 Å². The number of piperidine rings is 1. The molecule has 2 fully saturated rings. The molecule has 0 spiro atoms. The molecule has 1 aromatic rings. The number of aromatic nitrogens is 2. The molecule has 0 amide bonds. The normalized spacial score (nSPS) is 25.3. The number of anilines is 2. The predicted octanol–water partition coefficient (Wildman–Crippen LogP) is 1.26. The summed E-state index contributed by atoms with van der Waals surface area (Å²) in [6.07, 6.45) is 7.55. The zero-order valence-electron chi connectivity index (χ0n) is 13.0. The molecule has 122 valence electrons. The lowest BCUT2D eigenvalue weighted by molar-refractivity contribution is 0.0901. The van der Waals surface area contributed by atoms with Crippen LogP contribution in [0.2, 0.25) is 0 Å². The fourth-order valence-corrected chi connectivity index (χ4v) is 3.50. The van der Waals surface area contributed by atoms with Crippen LogP contribution in [0.25, 0.3) is 0 Å². The first kappa shape index (κ1) is 15.5. The SMILES string of the molecule is OCCNc1cc(N2CCC[C@](CO)(CC3CC3)C2)ncn1. The number of hydrogen-bond acceptors (Lipinski definition) is 6. The molecular weight excluding hydrogens is 280 g/mol. The van der Waals surface area contributed by atoms with Gasteiger partial charge >= 0.3 is 0 Å². The van der Waals surface area contributed by atoms with Crippen molar-refractivity contribution in [1.82, 2.24) is 9.97 Å². The molecule has 22 heavy (non-hydrogen) atoms. The summed E-state index contributed by atoms with van der Waals surface area (Å²) >= 11 is 0. The molecule has 1 aromatic heterocycles. The average molecular weight is 306 g/mol. The molecule has 3 rings (SSSR count). The van der Waals surface area contributed by atoms with Crippen molar-refractivity contribution in [3.8, 4) is 0 Å². The zero-order valence-corrected chi connectivity index (χ0v) is 13.0. The fourth-order valence-electron chi connectivity index (χ4n) is 3.50. The van der Waals surface area contributed by atoms with Gasteiger partial charge in [0.05, 0.1) is 13.2 Å². The molecule has 2 heterocycles. The highest BCUT2D eigenvalue weighted by atomic mass is 16.3. The van der Waals surface area contributed by atoms with E-state index in [2.05, 4.69) is 20.2 Å². The van der Waals surface area contributed by atoms with Crippen molar-refractivity contribution in [3.05, 3.63) is 12.4 Å². The number of nitrogens with zero attached hydrogens (tertiary/aromatic N) is 3. The van der Waals surface area contributed by atoms with E-state index in [0.717, 1.165) is 49.9 Å². The molecule has 6 heteroatoms. The van der Waals surface area contributed by atoms with Crippen LogP contribution in [0, 0.1) is 11.3 Å². The lowest BCUT2D eigenvalue weighted by Gasteiger charge is -2.42. The Bertz CT molecular complexity index is 495. The summed E-state index contributed by atoms with van der Waals surface area (Å²) in [6.45, 7) is 2.68. The number of nitrogens with one attached hydrogen (secondary N) is 1. The summed E-state index contributed by atoms with van der Waals surface area (Å²) in [5, 5.41) is 21.9. The second kappa shape index (κ2) is 6.79. The van der Waals surface area contributed by atoms with Crippen molar-refractivity contribution < 1.29 is 10.2 Å². The van der Waals surface area contributed by atoms with Gasteiger partial charge in [0.15, 0.2) is 0 Å². The van der Waals surface area contributed by atoms with E-state index in [1.807, 2.05) is 6.07 Å². The Kier molecular flexibility index (Phi) is 4.78. The van der Waals surface area contributed by atoms with E-state index in [0.29, 0.717) is 6.54 Å². The zero-order chi connectivity index (χ0) is 15.4. The van der Waals surface area contributed by atoms with Crippen LogP contribution >= 0.6 is 0 Å². The van der Waals surface area contributed by atoms with Gasteiger partial charge in [-0.25, -0.2) is 9.97 Å². The van der Waals surface area contributed by atoms with Crippen LogP contribution in [-0.2, 0) is 0 Å². The van der Waals surface area contributed by atoms with Gasteiger partial charge in [-0.1, -0.05) is 12.8 Å². The highest BCUT2D eigenvalue weighted by molar-refractivity contribution is 5.49. The van der Waals surface area contributed by atoms with E-state index in [-0.39, 0.29) is 18.6 Å². The third-order valence-electron chi connectivity index (χ3n) is 4.81. The second-order valence-electron chi connectivity index (χ2n) is 6.74. The molecule has 0 bridgehead atoms. The summed E-state index contributed by atoms with van der Waals surface area (Å²) in [4.78, 5) is 10.8. The molecule has 0 radical (unpaired) electrons. The summed E-state index contributed by atoms with van der Waals surface area (Å²) in [5.41, 5.74) is 0.0308. The standard InChI is InChI=1S/C16H26N4O2/c21-7-5-17-14-8-15(19-12-18-14)20-6-1-4-16(10-20,11-22)9-13-2-3-13/h8,12-13,21-22H,1-7,9-11H2,(H,17,18,19)/t16-/m0/s1. The largest absolute Gasteiger partial charge is 0.396 e. The summed E-state index contributed by atoms with van der Waals surface area (Å²) in [6, 6.07) is 1.93. The lowest BCUT2D eigenvalue weighted by Crippen LogP contribution is -2.46. The van der Waals surface area contributed by atoms with E-state index < -0.39 is 0 Å². The summed E-state index contributed by atoms with van der Waals surface area (Å²) in [5.74, 6) is 2.46. The van der Waals surface area contributed by atoms with Crippen LogP contribution < -0.4 is 10.2 Å². The second-order valence-corrected chi connectivity index (χ2v) is 6.74.